The number of aromatic nitrogens is 4. The van der Waals surface area contributed by atoms with Gasteiger partial charge in [0.05, 0.1) is 22.5 Å². The molecule has 182 valence electrons. The van der Waals surface area contributed by atoms with Gasteiger partial charge in [-0.1, -0.05) is 0 Å². The van der Waals surface area contributed by atoms with Crippen LogP contribution in [-0.2, 0) is 14.6 Å². The molecule has 0 unspecified atom stereocenters. The van der Waals surface area contributed by atoms with Gasteiger partial charge in [-0.3, -0.25) is 0 Å². The smallest absolute Gasteiger partial charge is 0.410 e. The molecule has 0 bridgehead atoms. The molecule has 34 heavy (non-hydrogen) atoms. The van der Waals surface area contributed by atoms with Crippen molar-refractivity contribution in [1.82, 2.24) is 24.5 Å². The number of fused-ring (bicyclic) bond motifs is 1. The molecule has 1 aromatic carbocycles. The summed E-state index contributed by atoms with van der Waals surface area (Å²) in [6.07, 6.45) is 5.21. The Balaban J connectivity index is 1.51. The van der Waals surface area contributed by atoms with Crippen LogP contribution in [0, 0.1) is 5.82 Å². The van der Waals surface area contributed by atoms with Gasteiger partial charge in [0.15, 0.2) is 21.3 Å². The van der Waals surface area contributed by atoms with E-state index in [1.54, 1.807) is 15.6 Å². The van der Waals surface area contributed by atoms with Gasteiger partial charge in [-0.05, 0) is 51.8 Å². The summed E-state index contributed by atoms with van der Waals surface area (Å²) < 4.78 is 44.9. The normalized spacial score (nSPS) is 15.5. The summed E-state index contributed by atoms with van der Waals surface area (Å²) in [4.78, 5) is 22.5. The van der Waals surface area contributed by atoms with Crippen LogP contribution in [0.15, 0.2) is 35.6 Å². The minimum atomic E-state index is -3.52. The maximum atomic E-state index is 14.5. The second kappa shape index (κ2) is 8.82. The summed E-state index contributed by atoms with van der Waals surface area (Å²) in [6.45, 7) is 6.63. The van der Waals surface area contributed by atoms with E-state index < -0.39 is 21.3 Å². The predicted molar refractivity (Wildman–Crippen MR) is 123 cm³/mol. The van der Waals surface area contributed by atoms with Crippen molar-refractivity contribution in [1.29, 1.82) is 0 Å². The molecule has 1 saturated heterocycles. The largest absolute Gasteiger partial charge is 0.444 e. The molecule has 0 aliphatic carbocycles. The molecule has 1 amide bonds. The molecule has 0 radical (unpaired) electrons. The Kier molecular flexibility index (Phi) is 6.19. The fraction of sp³-hybridized carbons (Fsp3) is 0.455. The van der Waals surface area contributed by atoms with E-state index in [4.69, 9.17) is 4.74 Å². The second-order valence-corrected chi connectivity index (χ2v) is 11.3. The average molecular weight is 491 g/mol. The van der Waals surface area contributed by atoms with Crippen LogP contribution in [0.3, 0.4) is 0 Å². The molecule has 2 aromatic heterocycles. The summed E-state index contributed by atoms with van der Waals surface area (Å²) in [7, 11) is -3.52. The minimum Gasteiger partial charge on any atom is -0.444 e. The van der Waals surface area contributed by atoms with Crippen molar-refractivity contribution in [2.24, 2.45) is 0 Å². The van der Waals surface area contributed by atoms with Crippen molar-refractivity contribution in [2.45, 2.75) is 50.0 Å². The molecule has 0 atom stereocenters. The van der Waals surface area contributed by atoms with Gasteiger partial charge >= 0.3 is 6.09 Å². The third-order valence-corrected chi connectivity index (χ3v) is 6.63. The van der Waals surface area contributed by atoms with E-state index in [9.17, 15) is 17.6 Å². The van der Waals surface area contributed by atoms with Gasteiger partial charge < -0.3 is 15.0 Å². The summed E-state index contributed by atoms with van der Waals surface area (Å²) >= 11 is 0. The number of imidazole rings is 1. The summed E-state index contributed by atoms with van der Waals surface area (Å²) in [5.41, 5.74) is 0.819. The maximum Gasteiger partial charge on any atom is 0.410 e. The quantitative estimate of drug-likeness (QED) is 0.590. The van der Waals surface area contributed by atoms with E-state index in [1.807, 2.05) is 20.8 Å². The Morgan fingerprint density at radius 2 is 1.91 bits per heavy atom. The highest BCUT2D eigenvalue weighted by Crippen LogP contribution is 2.31. The van der Waals surface area contributed by atoms with Crippen LogP contribution in [0.5, 0.6) is 0 Å². The third kappa shape index (κ3) is 5.11. The van der Waals surface area contributed by atoms with E-state index in [0.717, 1.165) is 30.9 Å². The molecule has 0 saturated carbocycles. The van der Waals surface area contributed by atoms with Crippen molar-refractivity contribution in [2.75, 3.05) is 24.7 Å². The van der Waals surface area contributed by atoms with Gasteiger partial charge in [0.25, 0.3) is 0 Å². The lowest BCUT2D eigenvalue weighted by molar-refractivity contribution is 0.0203. The van der Waals surface area contributed by atoms with Gasteiger partial charge in [-0.25, -0.2) is 32.1 Å². The fourth-order valence-corrected chi connectivity index (χ4v) is 4.47. The van der Waals surface area contributed by atoms with E-state index in [0.29, 0.717) is 24.6 Å². The van der Waals surface area contributed by atoms with Crippen LogP contribution in [0.25, 0.3) is 5.65 Å². The van der Waals surface area contributed by atoms with Crippen LogP contribution >= 0.6 is 0 Å². The van der Waals surface area contributed by atoms with Gasteiger partial charge in [0.2, 0.25) is 0 Å². The topological polar surface area (TPSA) is 119 Å². The molecule has 1 aliphatic rings. The Morgan fingerprint density at radius 1 is 1.21 bits per heavy atom. The first-order valence-electron chi connectivity index (χ1n) is 10.9. The number of hydrogen-bond acceptors (Lipinski definition) is 8. The number of nitrogens with zero attached hydrogens (tertiary/aromatic N) is 5. The number of piperidine rings is 1. The molecule has 0 spiro atoms. The molecule has 1 fully saturated rings. The lowest BCUT2D eigenvalue weighted by Gasteiger charge is -2.33. The standard InChI is InChI=1S/C22H27FN6O4S/c1-22(2,3)33-21(30)28-9-7-14(8-10-28)18-12-24-20-19(25-13-26-29(18)20)27-17-6-5-15(11-16(17)23)34(4,31)32/h5-6,11-14H,7-10H2,1-4H3,(H,25,26,27). The molecule has 3 aromatic rings. The van der Waals surface area contributed by atoms with Crippen molar-refractivity contribution in [3.8, 4) is 0 Å². The highest BCUT2D eigenvalue weighted by molar-refractivity contribution is 7.90. The lowest BCUT2D eigenvalue weighted by atomic mass is 9.94. The molecule has 3 heterocycles. The van der Waals surface area contributed by atoms with Crippen molar-refractivity contribution in [3.63, 3.8) is 0 Å². The number of ether oxygens (including phenoxy) is 1. The van der Waals surface area contributed by atoms with Crippen molar-refractivity contribution in [3.05, 3.63) is 42.2 Å². The number of amides is 1. The van der Waals surface area contributed by atoms with Crippen LogP contribution in [0.4, 0.5) is 20.7 Å². The predicted octanol–water partition coefficient (Wildman–Crippen LogP) is 3.53. The molecular formula is C22H27FN6O4S. The molecular weight excluding hydrogens is 463 g/mol. The van der Waals surface area contributed by atoms with Crippen molar-refractivity contribution < 1.29 is 22.3 Å². The number of nitrogens with one attached hydrogen (secondary N) is 1. The van der Waals surface area contributed by atoms with Crippen LogP contribution in [0.1, 0.15) is 45.2 Å². The fourth-order valence-electron chi connectivity index (χ4n) is 3.84. The molecule has 1 aliphatic heterocycles. The third-order valence-electron chi connectivity index (χ3n) is 5.52. The summed E-state index contributed by atoms with van der Waals surface area (Å²) in [6, 6.07) is 3.64. The number of halogens is 1. The second-order valence-electron chi connectivity index (χ2n) is 9.31. The zero-order valence-corrected chi connectivity index (χ0v) is 20.3. The van der Waals surface area contributed by atoms with E-state index in [-0.39, 0.29) is 22.6 Å². The number of carbonyl (C=O) groups is 1. The monoisotopic (exact) mass is 490 g/mol. The molecule has 12 heteroatoms. The van der Waals surface area contributed by atoms with Gasteiger partial charge in [-0.15, -0.1) is 0 Å². The lowest BCUT2D eigenvalue weighted by Crippen LogP contribution is -2.41. The first kappa shape index (κ1) is 23.9. The van der Waals surface area contributed by atoms with Crippen LogP contribution < -0.4 is 5.32 Å². The molecule has 4 rings (SSSR count). The summed E-state index contributed by atoms with van der Waals surface area (Å²) in [5.74, 6) is -0.304. The van der Waals surface area contributed by atoms with Gasteiger partial charge in [0.1, 0.15) is 17.7 Å². The Bertz CT molecular complexity index is 1330. The zero-order valence-electron chi connectivity index (χ0n) is 19.4. The number of benzene rings is 1. The minimum absolute atomic E-state index is 0.0724. The van der Waals surface area contributed by atoms with Gasteiger partial charge in [0, 0.05) is 25.3 Å². The maximum absolute atomic E-state index is 14.5. The highest BCUT2D eigenvalue weighted by Gasteiger charge is 2.29. The highest BCUT2D eigenvalue weighted by atomic mass is 32.2. The number of rotatable bonds is 4. The van der Waals surface area contributed by atoms with Crippen molar-refractivity contribution >= 4 is 33.1 Å². The number of likely N-dealkylation sites (tertiary alicyclic amines) is 1. The Labute approximate surface area is 197 Å². The average Bonchev–Trinajstić information content (AvgIpc) is 3.18. The van der Waals surface area contributed by atoms with E-state index in [2.05, 4.69) is 20.4 Å². The SMILES string of the molecule is CC(C)(C)OC(=O)N1CCC(c2cnc3c(Nc4ccc(S(C)(=O)=O)cc4F)ncnn23)CC1. The van der Waals surface area contributed by atoms with E-state index in [1.165, 1.54) is 18.5 Å². The van der Waals surface area contributed by atoms with Gasteiger partial charge in [-0.2, -0.15) is 5.10 Å². The number of carbonyl (C=O) groups excluding carboxylic acids is 1. The molecule has 1 N–H and O–H groups in total. The number of hydrogen-bond donors (Lipinski definition) is 1. The Hall–Kier alpha value is -3.28. The van der Waals surface area contributed by atoms with Crippen LogP contribution in [0.2, 0.25) is 0 Å². The first-order chi connectivity index (χ1) is 15.9. The molecule has 10 nitrogen and oxygen atoms in total. The Morgan fingerprint density at radius 3 is 2.53 bits per heavy atom. The van der Waals surface area contributed by atoms with E-state index >= 15 is 0 Å². The summed E-state index contributed by atoms with van der Waals surface area (Å²) in [5, 5.41) is 7.19. The van der Waals surface area contributed by atoms with Crippen LogP contribution in [-0.4, -0.2) is 63.9 Å². The number of sulfone groups is 1. The number of anilines is 2. The zero-order chi connectivity index (χ0) is 24.7. The first-order valence-corrected chi connectivity index (χ1v) is 12.7.